The van der Waals surface area contributed by atoms with Crippen LogP contribution in [-0.4, -0.2) is 0 Å². The molecule has 1 aromatic heterocycles. The van der Waals surface area contributed by atoms with Gasteiger partial charge < -0.3 is 5.73 Å². The van der Waals surface area contributed by atoms with Gasteiger partial charge in [0.05, 0.1) is 11.1 Å². The van der Waals surface area contributed by atoms with Crippen molar-refractivity contribution >= 4 is 22.9 Å². The summed E-state index contributed by atoms with van der Waals surface area (Å²) in [6.07, 6.45) is 3.61. The zero-order valence-electron chi connectivity index (χ0n) is 11.4. The Balaban J connectivity index is 2.15. The van der Waals surface area contributed by atoms with Gasteiger partial charge in [-0.2, -0.15) is 0 Å². The molecule has 1 heterocycles. The minimum atomic E-state index is -0.119. The van der Waals surface area contributed by atoms with Gasteiger partial charge in [-0.3, -0.25) is 0 Å². The maximum absolute atomic E-state index is 6.31. The van der Waals surface area contributed by atoms with Gasteiger partial charge in [-0.15, -0.1) is 11.3 Å². The monoisotopic (exact) mass is 293 g/mol. The molecular formula is C16H20ClNS. The standard InChI is InChI=1S/C16H20ClNS/c1-3-4-5-12-6-8-13(9-7-12)15(18)16-14(17)11(2)10-19-16/h6-10,15H,3-5,18H2,1-2H3. The molecule has 0 radical (unpaired) electrons. The van der Waals surface area contributed by atoms with E-state index in [1.165, 1.54) is 18.4 Å². The van der Waals surface area contributed by atoms with Gasteiger partial charge in [0.1, 0.15) is 0 Å². The van der Waals surface area contributed by atoms with Crippen LogP contribution in [0.2, 0.25) is 5.02 Å². The molecule has 2 rings (SSSR count). The second kappa shape index (κ2) is 6.56. The van der Waals surface area contributed by atoms with Crippen LogP contribution in [-0.2, 0) is 6.42 Å². The van der Waals surface area contributed by atoms with Gasteiger partial charge in [-0.25, -0.2) is 0 Å². The van der Waals surface area contributed by atoms with Crippen molar-refractivity contribution in [2.24, 2.45) is 5.73 Å². The van der Waals surface area contributed by atoms with Crippen molar-refractivity contribution in [2.45, 2.75) is 39.2 Å². The molecule has 1 aromatic carbocycles. The van der Waals surface area contributed by atoms with E-state index in [1.54, 1.807) is 11.3 Å². The van der Waals surface area contributed by atoms with E-state index in [1.807, 2.05) is 6.92 Å². The van der Waals surface area contributed by atoms with Crippen molar-refractivity contribution < 1.29 is 0 Å². The third-order valence-electron chi connectivity index (χ3n) is 3.37. The number of unbranched alkanes of at least 4 members (excludes halogenated alkanes) is 1. The predicted molar refractivity (Wildman–Crippen MR) is 85.2 cm³/mol. The fourth-order valence-corrected chi connectivity index (χ4v) is 3.42. The van der Waals surface area contributed by atoms with Crippen LogP contribution in [0.15, 0.2) is 29.6 Å². The Kier molecular flexibility index (Phi) is 5.03. The number of hydrogen-bond acceptors (Lipinski definition) is 2. The molecule has 0 aliphatic heterocycles. The van der Waals surface area contributed by atoms with Crippen molar-refractivity contribution in [2.75, 3.05) is 0 Å². The molecular weight excluding hydrogens is 274 g/mol. The Bertz CT molecular complexity index is 530. The normalized spacial score (nSPS) is 12.6. The fourth-order valence-electron chi connectivity index (χ4n) is 2.08. The first-order chi connectivity index (χ1) is 9.13. The van der Waals surface area contributed by atoms with E-state index < -0.39 is 0 Å². The number of aryl methyl sites for hydroxylation is 2. The average molecular weight is 294 g/mol. The van der Waals surface area contributed by atoms with Crippen molar-refractivity contribution in [3.63, 3.8) is 0 Å². The average Bonchev–Trinajstić information content (AvgIpc) is 2.76. The summed E-state index contributed by atoms with van der Waals surface area (Å²) < 4.78 is 0. The summed E-state index contributed by atoms with van der Waals surface area (Å²) >= 11 is 7.92. The number of rotatable bonds is 5. The maximum Gasteiger partial charge on any atom is 0.0661 e. The third-order valence-corrected chi connectivity index (χ3v) is 5.16. The Morgan fingerprint density at radius 1 is 1.26 bits per heavy atom. The first kappa shape index (κ1) is 14.6. The summed E-state index contributed by atoms with van der Waals surface area (Å²) in [5.41, 5.74) is 9.92. The third kappa shape index (κ3) is 3.38. The van der Waals surface area contributed by atoms with E-state index in [2.05, 4.69) is 36.6 Å². The largest absolute Gasteiger partial charge is 0.320 e. The van der Waals surface area contributed by atoms with Gasteiger partial charge in [0.25, 0.3) is 0 Å². The minimum absolute atomic E-state index is 0.119. The molecule has 0 spiro atoms. The topological polar surface area (TPSA) is 26.0 Å². The maximum atomic E-state index is 6.31. The smallest absolute Gasteiger partial charge is 0.0661 e. The number of nitrogens with two attached hydrogens (primary N) is 1. The number of hydrogen-bond donors (Lipinski definition) is 1. The molecule has 0 fully saturated rings. The fraction of sp³-hybridized carbons (Fsp3) is 0.375. The zero-order valence-corrected chi connectivity index (χ0v) is 13.0. The lowest BCUT2D eigenvalue weighted by Gasteiger charge is -2.12. The minimum Gasteiger partial charge on any atom is -0.320 e. The first-order valence-electron chi connectivity index (χ1n) is 6.71. The molecule has 19 heavy (non-hydrogen) atoms. The van der Waals surface area contributed by atoms with E-state index in [0.717, 1.165) is 27.4 Å². The molecule has 0 aliphatic carbocycles. The molecule has 2 N–H and O–H groups in total. The molecule has 2 aromatic rings. The molecule has 1 unspecified atom stereocenters. The van der Waals surface area contributed by atoms with Crippen molar-refractivity contribution in [1.82, 2.24) is 0 Å². The van der Waals surface area contributed by atoms with Crippen molar-refractivity contribution in [3.8, 4) is 0 Å². The highest BCUT2D eigenvalue weighted by Crippen LogP contribution is 2.34. The van der Waals surface area contributed by atoms with E-state index in [0.29, 0.717) is 0 Å². The van der Waals surface area contributed by atoms with Crippen LogP contribution < -0.4 is 5.73 Å². The van der Waals surface area contributed by atoms with Crippen LogP contribution in [0.25, 0.3) is 0 Å². The quantitative estimate of drug-likeness (QED) is 0.815. The van der Waals surface area contributed by atoms with E-state index in [4.69, 9.17) is 17.3 Å². The molecule has 0 saturated heterocycles. The van der Waals surface area contributed by atoms with Crippen LogP contribution in [0, 0.1) is 6.92 Å². The molecule has 3 heteroatoms. The van der Waals surface area contributed by atoms with Gasteiger partial charge in [-0.1, -0.05) is 49.2 Å². The number of thiophene rings is 1. The molecule has 1 nitrogen and oxygen atoms in total. The lowest BCUT2D eigenvalue weighted by molar-refractivity contribution is 0.793. The van der Waals surface area contributed by atoms with E-state index in [9.17, 15) is 0 Å². The Morgan fingerprint density at radius 2 is 1.95 bits per heavy atom. The van der Waals surface area contributed by atoms with Crippen LogP contribution in [0.4, 0.5) is 0 Å². The predicted octanol–water partition coefficient (Wildman–Crippen LogP) is 5.10. The zero-order chi connectivity index (χ0) is 13.8. The van der Waals surface area contributed by atoms with Crippen LogP contribution in [0.3, 0.4) is 0 Å². The van der Waals surface area contributed by atoms with Crippen LogP contribution in [0.1, 0.15) is 47.4 Å². The first-order valence-corrected chi connectivity index (χ1v) is 7.97. The van der Waals surface area contributed by atoms with Gasteiger partial charge in [0, 0.05) is 4.88 Å². The van der Waals surface area contributed by atoms with Crippen LogP contribution >= 0.6 is 22.9 Å². The summed E-state index contributed by atoms with van der Waals surface area (Å²) in [7, 11) is 0. The van der Waals surface area contributed by atoms with Gasteiger partial charge >= 0.3 is 0 Å². The lowest BCUT2D eigenvalue weighted by atomic mass is 10.0. The highest BCUT2D eigenvalue weighted by Gasteiger charge is 2.15. The lowest BCUT2D eigenvalue weighted by Crippen LogP contribution is -2.10. The Labute approximate surface area is 124 Å². The molecule has 1 atom stereocenters. The SMILES string of the molecule is CCCCc1ccc(C(N)c2scc(C)c2Cl)cc1. The van der Waals surface area contributed by atoms with Crippen molar-refractivity contribution in [1.29, 1.82) is 0 Å². The van der Waals surface area contributed by atoms with Gasteiger partial charge in [0.2, 0.25) is 0 Å². The second-order valence-electron chi connectivity index (χ2n) is 4.92. The Hall–Kier alpha value is -0.830. The van der Waals surface area contributed by atoms with Crippen molar-refractivity contribution in [3.05, 3.63) is 56.2 Å². The number of benzene rings is 1. The molecule has 0 aliphatic rings. The molecule has 0 amide bonds. The van der Waals surface area contributed by atoms with E-state index >= 15 is 0 Å². The second-order valence-corrected chi connectivity index (χ2v) is 6.21. The van der Waals surface area contributed by atoms with E-state index in [-0.39, 0.29) is 6.04 Å². The summed E-state index contributed by atoms with van der Waals surface area (Å²) in [6, 6.07) is 8.49. The highest BCUT2D eigenvalue weighted by atomic mass is 35.5. The molecule has 0 saturated carbocycles. The summed E-state index contributed by atoms with van der Waals surface area (Å²) in [4.78, 5) is 1.06. The van der Waals surface area contributed by atoms with Gasteiger partial charge in [-0.05, 0) is 41.8 Å². The summed E-state index contributed by atoms with van der Waals surface area (Å²) in [5.74, 6) is 0. The van der Waals surface area contributed by atoms with Gasteiger partial charge in [0.15, 0.2) is 0 Å². The summed E-state index contributed by atoms with van der Waals surface area (Å²) in [6.45, 7) is 4.23. The number of halogens is 1. The van der Waals surface area contributed by atoms with Crippen LogP contribution in [0.5, 0.6) is 0 Å². The molecule has 0 bridgehead atoms. The highest BCUT2D eigenvalue weighted by molar-refractivity contribution is 7.10. The Morgan fingerprint density at radius 3 is 2.47 bits per heavy atom. The summed E-state index contributed by atoms with van der Waals surface area (Å²) in [5, 5.41) is 2.88. The molecule has 102 valence electrons.